The van der Waals surface area contributed by atoms with E-state index < -0.39 is 0 Å². The number of carbonyl (C=O) groups excluding carboxylic acids is 1. The molecule has 1 amide bonds. The molecule has 6 nitrogen and oxygen atoms in total. The topological polar surface area (TPSA) is 84.4 Å². The lowest BCUT2D eigenvalue weighted by atomic mass is 10.3. The van der Waals surface area contributed by atoms with Crippen LogP contribution in [0.2, 0.25) is 0 Å². The van der Waals surface area contributed by atoms with Crippen LogP contribution in [0.4, 0.5) is 11.5 Å². The normalized spacial score (nSPS) is 13.2. The molecule has 0 aliphatic carbocycles. The Bertz CT molecular complexity index is 625. The number of pyridine rings is 1. The van der Waals surface area contributed by atoms with Gasteiger partial charge in [0.15, 0.2) is 0 Å². The van der Waals surface area contributed by atoms with Gasteiger partial charge in [-0.2, -0.15) is 0 Å². The van der Waals surface area contributed by atoms with Crippen molar-refractivity contribution in [3.8, 4) is 0 Å². The van der Waals surface area contributed by atoms with E-state index in [1.165, 1.54) is 19.1 Å². The van der Waals surface area contributed by atoms with E-state index in [1.54, 1.807) is 12.3 Å². The average molecular weight is 359 g/mol. The number of hydrogen-bond donors (Lipinski definition) is 2. The van der Waals surface area contributed by atoms with E-state index in [0.717, 1.165) is 18.9 Å². The fourth-order valence-corrected chi connectivity index (χ4v) is 2.40. The van der Waals surface area contributed by atoms with Gasteiger partial charge in [0.1, 0.15) is 17.8 Å². The van der Waals surface area contributed by atoms with Gasteiger partial charge in [-0.25, -0.2) is 4.98 Å². The number of nitrogens with zero attached hydrogens (tertiary/aromatic N) is 2. The van der Waals surface area contributed by atoms with E-state index in [-0.39, 0.29) is 37.3 Å². The molecular formula is C15H20Cl2N4O2. The molecule has 1 saturated heterocycles. The van der Waals surface area contributed by atoms with Gasteiger partial charge in [0.25, 0.3) is 5.91 Å². The molecule has 1 fully saturated rings. The molecule has 2 aromatic heterocycles. The molecule has 3 rings (SSSR count). The Hall–Kier alpha value is -1.76. The zero-order valence-corrected chi connectivity index (χ0v) is 14.2. The van der Waals surface area contributed by atoms with Crippen LogP contribution in [0.25, 0.3) is 0 Å². The minimum atomic E-state index is -0.228. The number of anilines is 2. The van der Waals surface area contributed by atoms with E-state index in [0.29, 0.717) is 17.0 Å². The Labute approximate surface area is 147 Å². The highest BCUT2D eigenvalue weighted by molar-refractivity contribution is 6.04. The van der Waals surface area contributed by atoms with Gasteiger partial charge in [0.2, 0.25) is 0 Å². The summed E-state index contributed by atoms with van der Waals surface area (Å²) in [6.45, 7) is 2.38. The third kappa shape index (κ3) is 4.60. The molecule has 3 N–H and O–H groups in total. The minimum Gasteiger partial charge on any atom is -0.467 e. The summed E-state index contributed by atoms with van der Waals surface area (Å²) in [7, 11) is 0. The molecule has 1 aliphatic rings. The number of aromatic nitrogens is 1. The molecule has 0 spiro atoms. The zero-order valence-electron chi connectivity index (χ0n) is 12.5. The summed E-state index contributed by atoms with van der Waals surface area (Å²) < 4.78 is 5.15. The molecule has 0 saturated carbocycles. The fourth-order valence-electron chi connectivity index (χ4n) is 2.40. The molecule has 2 aromatic rings. The summed E-state index contributed by atoms with van der Waals surface area (Å²) in [5, 5.41) is 2.79. The monoisotopic (exact) mass is 358 g/mol. The number of halogens is 2. The van der Waals surface area contributed by atoms with Gasteiger partial charge in [0.05, 0.1) is 24.0 Å². The van der Waals surface area contributed by atoms with Gasteiger partial charge in [-0.15, -0.1) is 24.8 Å². The first-order valence-electron chi connectivity index (χ1n) is 7.06. The Morgan fingerprint density at radius 2 is 2.04 bits per heavy atom. The summed E-state index contributed by atoms with van der Waals surface area (Å²) >= 11 is 0. The van der Waals surface area contributed by atoms with Gasteiger partial charge in [-0.05, 0) is 31.0 Å². The predicted octanol–water partition coefficient (Wildman–Crippen LogP) is 2.83. The number of furan rings is 1. The van der Waals surface area contributed by atoms with Gasteiger partial charge in [0, 0.05) is 13.1 Å². The van der Waals surface area contributed by atoms with Gasteiger partial charge >= 0.3 is 0 Å². The van der Waals surface area contributed by atoms with Crippen LogP contribution >= 0.6 is 24.8 Å². The summed E-state index contributed by atoms with van der Waals surface area (Å²) in [5.41, 5.74) is 6.57. The van der Waals surface area contributed by atoms with Gasteiger partial charge in [-0.3, -0.25) is 4.79 Å². The second-order valence-corrected chi connectivity index (χ2v) is 5.06. The minimum absolute atomic E-state index is 0. The molecule has 23 heavy (non-hydrogen) atoms. The number of rotatable bonds is 4. The van der Waals surface area contributed by atoms with Crippen molar-refractivity contribution in [1.82, 2.24) is 4.98 Å². The third-order valence-electron chi connectivity index (χ3n) is 3.55. The lowest BCUT2D eigenvalue weighted by Crippen LogP contribution is -2.19. The van der Waals surface area contributed by atoms with Crippen molar-refractivity contribution in [2.24, 2.45) is 5.73 Å². The van der Waals surface area contributed by atoms with E-state index >= 15 is 0 Å². The van der Waals surface area contributed by atoms with Crippen molar-refractivity contribution in [3.05, 3.63) is 42.0 Å². The average Bonchev–Trinajstić information content (AvgIpc) is 3.19. The summed E-state index contributed by atoms with van der Waals surface area (Å²) in [4.78, 5) is 18.7. The Balaban J connectivity index is 0.00000132. The van der Waals surface area contributed by atoms with Crippen molar-refractivity contribution in [2.75, 3.05) is 23.3 Å². The van der Waals surface area contributed by atoms with Crippen LogP contribution in [0.1, 0.15) is 29.0 Å². The standard InChI is InChI=1S/C15H18N4O2.2ClH/c16-8-13-7-11(10-21-13)15(20)18-12-3-4-14(17-9-12)19-5-1-2-6-19;;/h3-4,7,9-10H,1-2,5-6,8,16H2,(H,18,20);2*1H. The van der Waals surface area contributed by atoms with E-state index in [2.05, 4.69) is 15.2 Å². The van der Waals surface area contributed by atoms with Crippen LogP contribution in [0, 0.1) is 0 Å². The van der Waals surface area contributed by atoms with Crippen molar-refractivity contribution < 1.29 is 9.21 Å². The first-order valence-corrected chi connectivity index (χ1v) is 7.06. The number of hydrogen-bond acceptors (Lipinski definition) is 5. The highest BCUT2D eigenvalue weighted by atomic mass is 35.5. The second kappa shape index (κ2) is 8.76. The van der Waals surface area contributed by atoms with E-state index in [9.17, 15) is 4.79 Å². The smallest absolute Gasteiger partial charge is 0.258 e. The molecule has 3 heterocycles. The van der Waals surface area contributed by atoms with Gasteiger partial charge in [-0.1, -0.05) is 0 Å². The maximum absolute atomic E-state index is 12.0. The van der Waals surface area contributed by atoms with Crippen LogP contribution in [0.5, 0.6) is 0 Å². The molecule has 0 atom stereocenters. The fraction of sp³-hybridized carbons (Fsp3) is 0.333. The lowest BCUT2D eigenvalue weighted by Gasteiger charge is -2.16. The number of carbonyl (C=O) groups is 1. The van der Waals surface area contributed by atoms with E-state index in [4.69, 9.17) is 10.2 Å². The van der Waals surface area contributed by atoms with Crippen molar-refractivity contribution in [1.29, 1.82) is 0 Å². The van der Waals surface area contributed by atoms with Crippen molar-refractivity contribution >= 4 is 42.2 Å². The van der Waals surface area contributed by atoms with Gasteiger partial charge < -0.3 is 20.4 Å². The summed E-state index contributed by atoms with van der Waals surface area (Å²) in [5.74, 6) is 1.32. The summed E-state index contributed by atoms with van der Waals surface area (Å²) in [6, 6.07) is 5.44. The van der Waals surface area contributed by atoms with Crippen LogP contribution < -0.4 is 16.0 Å². The molecule has 126 valence electrons. The molecule has 0 bridgehead atoms. The van der Waals surface area contributed by atoms with E-state index in [1.807, 2.05) is 12.1 Å². The largest absolute Gasteiger partial charge is 0.467 e. The Morgan fingerprint density at radius 3 is 2.61 bits per heavy atom. The maximum Gasteiger partial charge on any atom is 0.258 e. The zero-order chi connectivity index (χ0) is 14.7. The first-order chi connectivity index (χ1) is 10.3. The molecule has 0 radical (unpaired) electrons. The predicted molar refractivity (Wildman–Crippen MR) is 94.7 cm³/mol. The summed E-state index contributed by atoms with van der Waals surface area (Å²) in [6.07, 6.45) is 5.51. The molecule has 8 heteroatoms. The highest BCUT2D eigenvalue weighted by Crippen LogP contribution is 2.19. The molecule has 1 aliphatic heterocycles. The third-order valence-corrected chi connectivity index (χ3v) is 3.55. The quantitative estimate of drug-likeness (QED) is 0.877. The molecular weight excluding hydrogens is 339 g/mol. The molecule has 0 aromatic carbocycles. The Kier molecular flexibility index (Phi) is 7.35. The Morgan fingerprint density at radius 1 is 1.30 bits per heavy atom. The maximum atomic E-state index is 12.0. The second-order valence-electron chi connectivity index (χ2n) is 5.06. The number of nitrogens with one attached hydrogen (secondary N) is 1. The highest BCUT2D eigenvalue weighted by Gasteiger charge is 2.14. The number of nitrogens with two attached hydrogens (primary N) is 1. The lowest BCUT2D eigenvalue weighted by molar-refractivity contribution is 0.102. The van der Waals surface area contributed by atoms with Crippen LogP contribution in [0.15, 0.2) is 35.1 Å². The van der Waals surface area contributed by atoms with Crippen LogP contribution in [-0.2, 0) is 6.54 Å². The van der Waals surface area contributed by atoms with Crippen LogP contribution in [0.3, 0.4) is 0 Å². The first kappa shape index (κ1) is 19.3. The number of amides is 1. The molecule has 0 unspecified atom stereocenters. The SMILES string of the molecule is Cl.Cl.NCc1cc(C(=O)Nc2ccc(N3CCCC3)nc2)co1. The van der Waals surface area contributed by atoms with Crippen molar-refractivity contribution in [2.45, 2.75) is 19.4 Å². The van der Waals surface area contributed by atoms with Crippen molar-refractivity contribution in [3.63, 3.8) is 0 Å². The van der Waals surface area contributed by atoms with Crippen LogP contribution in [-0.4, -0.2) is 24.0 Å².